The van der Waals surface area contributed by atoms with Crippen molar-refractivity contribution in [1.29, 1.82) is 0 Å². The van der Waals surface area contributed by atoms with Gasteiger partial charge in [0.1, 0.15) is 0 Å². The minimum atomic E-state index is 0.152. The van der Waals surface area contributed by atoms with Gasteiger partial charge in [0.2, 0.25) is 5.91 Å². The Labute approximate surface area is 137 Å². The third kappa shape index (κ3) is 4.66. The highest BCUT2D eigenvalue weighted by Crippen LogP contribution is 2.17. The number of hydrogen-bond donors (Lipinski definition) is 2. The highest BCUT2D eigenvalue weighted by molar-refractivity contribution is 5.75. The molecule has 5 nitrogen and oxygen atoms in total. The molecule has 0 aliphatic carbocycles. The summed E-state index contributed by atoms with van der Waals surface area (Å²) in [6, 6.07) is 10.00. The Balaban J connectivity index is 1.41. The standard InChI is InChI=1S/C18H24N4O/c23-18(7-4-15-8-11-19-12-9-15)20-14-16-2-5-17(6-3-16)22-13-1-10-21-22/h1-3,5-6,10,13,15,19H,4,7-9,11-12,14H2,(H,20,23). The van der Waals surface area contributed by atoms with Crippen molar-refractivity contribution in [2.45, 2.75) is 32.2 Å². The molecule has 1 fully saturated rings. The predicted molar refractivity (Wildman–Crippen MR) is 90.2 cm³/mol. The average molecular weight is 312 g/mol. The molecule has 1 aromatic carbocycles. The largest absolute Gasteiger partial charge is 0.352 e. The van der Waals surface area contributed by atoms with Crippen molar-refractivity contribution in [2.24, 2.45) is 5.92 Å². The molecule has 2 aromatic rings. The predicted octanol–water partition coefficient (Wildman–Crippen LogP) is 2.27. The zero-order valence-corrected chi connectivity index (χ0v) is 13.4. The van der Waals surface area contributed by atoms with E-state index in [9.17, 15) is 4.79 Å². The first kappa shape index (κ1) is 15.7. The minimum Gasteiger partial charge on any atom is -0.352 e. The summed E-state index contributed by atoms with van der Waals surface area (Å²) < 4.78 is 1.82. The Morgan fingerprint density at radius 1 is 1.26 bits per heavy atom. The van der Waals surface area contributed by atoms with Crippen LogP contribution in [0.1, 0.15) is 31.2 Å². The van der Waals surface area contributed by atoms with E-state index in [4.69, 9.17) is 0 Å². The minimum absolute atomic E-state index is 0.152. The van der Waals surface area contributed by atoms with Gasteiger partial charge in [-0.2, -0.15) is 5.10 Å². The number of benzene rings is 1. The molecule has 0 unspecified atom stereocenters. The van der Waals surface area contributed by atoms with Crippen molar-refractivity contribution in [3.8, 4) is 5.69 Å². The third-order valence-electron chi connectivity index (χ3n) is 4.43. The van der Waals surface area contributed by atoms with Gasteiger partial charge in [-0.05, 0) is 62.0 Å². The van der Waals surface area contributed by atoms with Gasteiger partial charge >= 0.3 is 0 Å². The van der Waals surface area contributed by atoms with Gasteiger partial charge in [0.05, 0.1) is 5.69 Å². The van der Waals surface area contributed by atoms with Crippen LogP contribution in [0.5, 0.6) is 0 Å². The number of carbonyl (C=O) groups is 1. The van der Waals surface area contributed by atoms with Crippen LogP contribution in [0, 0.1) is 5.92 Å². The van der Waals surface area contributed by atoms with E-state index in [1.54, 1.807) is 6.20 Å². The Hall–Kier alpha value is -2.14. The summed E-state index contributed by atoms with van der Waals surface area (Å²) in [5, 5.41) is 10.6. The van der Waals surface area contributed by atoms with Crippen LogP contribution in [0.4, 0.5) is 0 Å². The van der Waals surface area contributed by atoms with E-state index in [1.807, 2.05) is 41.2 Å². The number of rotatable bonds is 6. The average Bonchev–Trinajstić information content (AvgIpc) is 3.14. The molecule has 1 saturated heterocycles. The lowest BCUT2D eigenvalue weighted by Crippen LogP contribution is -2.29. The zero-order chi connectivity index (χ0) is 15.9. The third-order valence-corrected chi connectivity index (χ3v) is 4.43. The number of piperidine rings is 1. The molecule has 1 amide bonds. The lowest BCUT2D eigenvalue weighted by Gasteiger charge is -2.22. The van der Waals surface area contributed by atoms with Crippen LogP contribution in [-0.2, 0) is 11.3 Å². The van der Waals surface area contributed by atoms with E-state index in [0.717, 1.165) is 30.8 Å². The van der Waals surface area contributed by atoms with Crippen molar-refractivity contribution >= 4 is 5.91 Å². The smallest absolute Gasteiger partial charge is 0.220 e. The molecular weight excluding hydrogens is 288 g/mol. The Kier molecular flexibility index (Phi) is 5.42. The van der Waals surface area contributed by atoms with E-state index in [2.05, 4.69) is 15.7 Å². The zero-order valence-electron chi connectivity index (χ0n) is 13.4. The lowest BCUT2D eigenvalue weighted by molar-refractivity contribution is -0.121. The molecule has 0 saturated carbocycles. The molecule has 0 spiro atoms. The second-order valence-corrected chi connectivity index (χ2v) is 6.13. The number of nitrogens with one attached hydrogen (secondary N) is 2. The molecule has 1 aliphatic heterocycles. The van der Waals surface area contributed by atoms with Crippen molar-refractivity contribution in [1.82, 2.24) is 20.4 Å². The summed E-state index contributed by atoms with van der Waals surface area (Å²) >= 11 is 0. The summed E-state index contributed by atoms with van der Waals surface area (Å²) in [6.45, 7) is 2.77. The maximum absolute atomic E-state index is 12.0. The van der Waals surface area contributed by atoms with Crippen molar-refractivity contribution in [3.05, 3.63) is 48.3 Å². The fourth-order valence-electron chi connectivity index (χ4n) is 2.98. The second kappa shape index (κ2) is 7.92. The topological polar surface area (TPSA) is 59.0 Å². The molecule has 0 atom stereocenters. The maximum atomic E-state index is 12.0. The Bertz CT molecular complexity index is 600. The quantitative estimate of drug-likeness (QED) is 0.860. The van der Waals surface area contributed by atoms with Crippen LogP contribution in [0.3, 0.4) is 0 Å². The van der Waals surface area contributed by atoms with E-state index in [-0.39, 0.29) is 5.91 Å². The van der Waals surface area contributed by atoms with Gasteiger partial charge in [-0.25, -0.2) is 4.68 Å². The molecule has 122 valence electrons. The summed E-state index contributed by atoms with van der Waals surface area (Å²) in [5.74, 6) is 0.857. The second-order valence-electron chi connectivity index (χ2n) is 6.13. The van der Waals surface area contributed by atoms with Crippen LogP contribution in [0.25, 0.3) is 5.69 Å². The van der Waals surface area contributed by atoms with Crippen molar-refractivity contribution in [2.75, 3.05) is 13.1 Å². The highest BCUT2D eigenvalue weighted by atomic mass is 16.1. The van der Waals surface area contributed by atoms with Gasteiger partial charge in [-0.3, -0.25) is 4.79 Å². The summed E-state index contributed by atoms with van der Waals surface area (Å²) in [5.41, 5.74) is 2.13. The molecule has 3 rings (SSSR count). The van der Waals surface area contributed by atoms with Crippen LogP contribution in [0.15, 0.2) is 42.7 Å². The fourth-order valence-corrected chi connectivity index (χ4v) is 2.98. The van der Waals surface area contributed by atoms with Crippen LogP contribution >= 0.6 is 0 Å². The number of hydrogen-bond acceptors (Lipinski definition) is 3. The number of aromatic nitrogens is 2. The van der Waals surface area contributed by atoms with Crippen LogP contribution in [-0.4, -0.2) is 28.8 Å². The van der Waals surface area contributed by atoms with Crippen molar-refractivity contribution in [3.63, 3.8) is 0 Å². The Morgan fingerprint density at radius 3 is 2.74 bits per heavy atom. The van der Waals surface area contributed by atoms with E-state index in [0.29, 0.717) is 18.9 Å². The van der Waals surface area contributed by atoms with Crippen molar-refractivity contribution < 1.29 is 4.79 Å². The lowest BCUT2D eigenvalue weighted by atomic mass is 9.93. The first-order valence-electron chi connectivity index (χ1n) is 8.37. The molecule has 1 aliphatic rings. The van der Waals surface area contributed by atoms with Gasteiger partial charge in [-0.15, -0.1) is 0 Å². The highest BCUT2D eigenvalue weighted by Gasteiger charge is 2.14. The monoisotopic (exact) mass is 312 g/mol. The molecule has 5 heteroatoms. The molecule has 2 heterocycles. The van der Waals surface area contributed by atoms with Gasteiger partial charge in [0, 0.05) is 25.4 Å². The van der Waals surface area contributed by atoms with Gasteiger partial charge in [-0.1, -0.05) is 12.1 Å². The normalized spacial score (nSPS) is 15.5. The summed E-state index contributed by atoms with van der Waals surface area (Å²) in [7, 11) is 0. The fraction of sp³-hybridized carbons (Fsp3) is 0.444. The van der Waals surface area contributed by atoms with E-state index < -0.39 is 0 Å². The first-order valence-corrected chi connectivity index (χ1v) is 8.37. The number of amides is 1. The van der Waals surface area contributed by atoms with Crippen LogP contribution < -0.4 is 10.6 Å². The molecule has 1 aromatic heterocycles. The van der Waals surface area contributed by atoms with E-state index >= 15 is 0 Å². The molecule has 0 bridgehead atoms. The van der Waals surface area contributed by atoms with Gasteiger partial charge in [0.25, 0.3) is 0 Å². The maximum Gasteiger partial charge on any atom is 0.220 e. The Morgan fingerprint density at radius 2 is 2.04 bits per heavy atom. The van der Waals surface area contributed by atoms with E-state index in [1.165, 1.54) is 12.8 Å². The molecule has 0 radical (unpaired) electrons. The summed E-state index contributed by atoms with van der Waals surface area (Å²) in [6.07, 6.45) is 7.71. The SMILES string of the molecule is O=C(CCC1CCNCC1)NCc1ccc(-n2cccn2)cc1. The summed E-state index contributed by atoms with van der Waals surface area (Å²) in [4.78, 5) is 12.0. The van der Waals surface area contributed by atoms with Gasteiger partial charge < -0.3 is 10.6 Å². The number of nitrogens with zero attached hydrogens (tertiary/aromatic N) is 2. The molecule has 2 N–H and O–H groups in total. The molecular formula is C18H24N4O. The van der Waals surface area contributed by atoms with Gasteiger partial charge in [0.15, 0.2) is 0 Å². The van der Waals surface area contributed by atoms with Crippen LogP contribution in [0.2, 0.25) is 0 Å². The first-order chi connectivity index (χ1) is 11.3. The molecule has 23 heavy (non-hydrogen) atoms. The number of carbonyl (C=O) groups excluding carboxylic acids is 1.